The van der Waals surface area contributed by atoms with Gasteiger partial charge in [-0.15, -0.1) is 0 Å². The third-order valence-corrected chi connectivity index (χ3v) is 4.63. The summed E-state index contributed by atoms with van der Waals surface area (Å²) in [6.45, 7) is -0.291. The second-order valence-corrected chi connectivity index (χ2v) is 6.44. The Hall–Kier alpha value is -2.02. The van der Waals surface area contributed by atoms with E-state index >= 15 is 0 Å². The molecule has 5 nitrogen and oxygen atoms in total. The number of carbonyl (C=O) groups excluding carboxylic acids is 1. The number of benzene rings is 2. The van der Waals surface area contributed by atoms with Crippen molar-refractivity contribution in [2.24, 2.45) is 0 Å². The number of Topliss-reactive ketones (excluding diaryl/α,β-unsaturated/α-hetero) is 1. The van der Waals surface area contributed by atoms with Crippen molar-refractivity contribution in [3.63, 3.8) is 0 Å². The number of ketones is 1. The van der Waals surface area contributed by atoms with Crippen molar-refractivity contribution < 1.29 is 18.3 Å². The average Bonchev–Trinajstić information content (AvgIpc) is 2.55. The third kappa shape index (κ3) is 4.00. The highest BCUT2D eigenvalue weighted by molar-refractivity contribution is 7.89. The average molecular weight is 319 g/mol. The summed E-state index contributed by atoms with van der Waals surface area (Å²) in [7, 11) is -3.82. The molecule has 0 aromatic heterocycles. The maximum absolute atomic E-state index is 12.4. The minimum absolute atomic E-state index is 0.0137. The summed E-state index contributed by atoms with van der Waals surface area (Å²) in [5, 5.41) is 9.11. The molecule has 0 saturated heterocycles. The Balaban J connectivity index is 2.24. The maximum atomic E-state index is 12.4. The summed E-state index contributed by atoms with van der Waals surface area (Å²) in [6.07, 6.45) is 0.0137. The number of nitrogens with one attached hydrogen (secondary N) is 1. The fraction of sp³-hybridized carbons (Fsp3) is 0.188. The quantitative estimate of drug-likeness (QED) is 0.759. The smallest absolute Gasteiger partial charge is 0.241 e. The fourth-order valence-electron chi connectivity index (χ4n) is 2.03. The van der Waals surface area contributed by atoms with Crippen LogP contribution in [0.25, 0.3) is 0 Å². The SMILES string of the molecule is O=C(c1ccccc1)[C@H](CCO)NS(=O)(=O)c1ccccc1. The highest BCUT2D eigenvalue weighted by Crippen LogP contribution is 2.12. The highest BCUT2D eigenvalue weighted by Gasteiger charge is 2.25. The van der Waals surface area contributed by atoms with Gasteiger partial charge in [0.15, 0.2) is 5.78 Å². The van der Waals surface area contributed by atoms with Gasteiger partial charge in [-0.05, 0) is 18.6 Å². The molecule has 2 rings (SSSR count). The van der Waals surface area contributed by atoms with Crippen molar-refractivity contribution in [3.05, 3.63) is 66.2 Å². The van der Waals surface area contributed by atoms with Gasteiger partial charge >= 0.3 is 0 Å². The lowest BCUT2D eigenvalue weighted by atomic mass is 10.0. The van der Waals surface area contributed by atoms with Crippen LogP contribution in [0.2, 0.25) is 0 Å². The number of aliphatic hydroxyl groups excluding tert-OH is 1. The molecule has 0 aliphatic heterocycles. The number of carbonyl (C=O) groups is 1. The van der Waals surface area contributed by atoms with Crippen LogP contribution in [0.4, 0.5) is 0 Å². The second kappa shape index (κ2) is 7.31. The normalized spacial score (nSPS) is 12.8. The van der Waals surface area contributed by atoms with E-state index in [4.69, 9.17) is 5.11 Å². The van der Waals surface area contributed by atoms with Crippen LogP contribution in [-0.2, 0) is 10.0 Å². The largest absolute Gasteiger partial charge is 0.396 e. The number of aliphatic hydroxyl groups is 1. The zero-order chi connectivity index (χ0) is 16.0. The molecule has 1 atom stereocenters. The van der Waals surface area contributed by atoms with Crippen LogP contribution >= 0.6 is 0 Å². The molecule has 0 saturated carbocycles. The van der Waals surface area contributed by atoms with Crippen molar-refractivity contribution in [2.45, 2.75) is 17.4 Å². The molecule has 0 radical (unpaired) electrons. The van der Waals surface area contributed by atoms with Crippen molar-refractivity contribution in [3.8, 4) is 0 Å². The van der Waals surface area contributed by atoms with E-state index in [1.54, 1.807) is 48.5 Å². The van der Waals surface area contributed by atoms with E-state index in [0.29, 0.717) is 5.56 Å². The molecule has 0 fully saturated rings. The van der Waals surface area contributed by atoms with E-state index in [2.05, 4.69) is 4.72 Å². The standard InChI is InChI=1S/C16H17NO4S/c18-12-11-15(16(19)13-7-3-1-4-8-13)17-22(20,21)14-9-5-2-6-10-14/h1-10,15,17-18H,11-12H2/t15-/m0/s1. The minimum Gasteiger partial charge on any atom is -0.396 e. The Morgan fingerprint density at radius 1 is 1.00 bits per heavy atom. The lowest BCUT2D eigenvalue weighted by Gasteiger charge is -2.17. The minimum atomic E-state index is -3.82. The predicted molar refractivity (Wildman–Crippen MR) is 83.0 cm³/mol. The van der Waals surface area contributed by atoms with Gasteiger partial charge in [0, 0.05) is 12.2 Å². The monoisotopic (exact) mass is 319 g/mol. The van der Waals surface area contributed by atoms with E-state index < -0.39 is 16.1 Å². The van der Waals surface area contributed by atoms with Crippen LogP contribution in [0, 0.1) is 0 Å². The van der Waals surface area contributed by atoms with Gasteiger partial charge in [-0.1, -0.05) is 48.5 Å². The van der Waals surface area contributed by atoms with Gasteiger partial charge in [0.25, 0.3) is 0 Å². The van der Waals surface area contributed by atoms with Gasteiger partial charge in [0.2, 0.25) is 10.0 Å². The fourth-order valence-corrected chi connectivity index (χ4v) is 3.28. The van der Waals surface area contributed by atoms with Gasteiger partial charge < -0.3 is 5.11 Å². The first-order valence-corrected chi connectivity index (χ1v) is 8.30. The van der Waals surface area contributed by atoms with Crippen molar-refractivity contribution in [1.29, 1.82) is 0 Å². The molecule has 0 aliphatic rings. The molecule has 0 unspecified atom stereocenters. The van der Waals surface area contributed by atoms with Crippen molar-refractivity contribution >= 4 is 15.8 Å². The highest BCUT2D eigenvalue weighted by atomic mass is 32.2. The number of hydrogen-bond acceptors (Lipinski definition) is 4. The molecule has 22 heavy (non-hydrogen) atoms. The summed E-state index contributed by atoms with van der Waals surface area (Å²) >= 11 is 0. The summed E-state index contributed by atoms with van der Waals surface area (Å²) in [4.78, 5) is 12.5. The molecule has 2 N–H and O–H groups in total. The molecule has 2 aromatic rings. The van der Waals surface area contributed by atoms with Crippen LogP contribution in [0.1, 0.15) is 16.8 Å². The summed E-state index contributed by atoms with van der Waals surface area (Å²) in [5.74, 6) is -0.367. The zero-order valence-electron chi connectivity index (χ0n) is 11.8. The molecular weight excluding hydrogens is 302 g/mol. The number of hydrogen-bond donors (Lipinski definition) is 2. The van der Waals surface area contributed by atoms with Crippen LogP contribution in [-0.4, -0.2) is 32.0 Å². The summed E-state index contributed by atoms with van der Waals surface area (Å²) in [5.41, 5.74) is 0.400. The van der Waals surface area contributed by atoms with E-state index in [1.807, 2.05) is 0 Å². The number of rotatable bonds is 7. The van der Waals surface area contributed by atoms with Gasteiger partial charge in [-0.2, -0.15) is 0 Å². The molecule has 0 amide bonds. The molecule has 6 heteroatoms. The molecule has 0 bridgehead atoms. The van der Waals surface area contributed by atoms with Gasteiger partial charge in [-0.3, -0.25) is 4.79 Å². The molecular formula is C16H17NO4S. The second-order valence-electron chi connectivity index (χ2n) is 4.73. The molecule has 116 valence electrons. The first-order chi connectivity index (χ1) is 10.5. The molecule has 0 spiro atoms. The van der Waals surface area contributed by atoms with Crippen LogP contribution in [0.5, 0.6) is 0 Å². The van der Waals surface area contributed by atoms with Crippen molar-refractivity contribution in [2.75, 3.05) is 6.61 Å². The van der Waals surface area contributed by atoms with Gasteiger partial charge in [0.05, 0.1) is 10.9 Å². The van der Waals surface area contributed by atoms with E-state index in [1.165, 1.54) is 12.1 Å². The first-order valence-electron chi connectivity index (χ1n) is 6.82. The van der Waals surface area contributed by atoms with E-state index in [-0.39, 0.29) is 23.7 Å². The Kier molecular flexibility index (Phi) is 5.43. The number of sulfonamides is 1. The zero-order valence-corrected chi connectivity index (χ0v) is 12.7. The van der Waals surface area contributed by atoms with Gasteiger partial charge in [-0.25, -0.2) is 13.1 Å². The van der Waals surface area contributed by atoms with E-state index in [0.717, 1.165) is 0 Å². The Labute approximate surface area is 129 Å². The maximum Gasteiger partial charge on any atom is 0.241 e. The molecule has 0 heterocycles. The van der Waals surface area contributed by atoms with E-state index in [9.17, 15) is 13.2 Å². The lowest BCUT2D eigenvalue weighted by molar-refractivity contribution is 0.0936. The summed E-state index contributed by atoms with van der Waals surface area (Å²) in [6, 6.07) is 15.2. The van der Waals surface area contributed by atoms with Crippen LogP contribution in [0.15, 0.2) is 65.6 Å². The Bertz CT molecular complexity index is 714. The van der Waals surface area contributed by atoms with Crippen LogP contribution in [0.3, 0.4) is 0 Å². The Morgan fingerprint density at radius 3 is 2.09 bits per heavy atom. The lowest BCUT2D eigenvalue weighted by Crippen LogP contribution is -2.41. The molecule has 2 aromatic carbocycles. The summed E-state index contributed by atoms with van der Waals surface area (Å²) < 4.78 is 27.0. The van der Waals surface area contributed by atoms with Crippen molar-refractivity contribution in [1.82, 2.24) is 4.72 Å². The van der Waals surface area contributed by atoms with Crippen LogP contribution < -0.4 is 4.72 Å². The predicted octanol–water partition coefficient (Wildman–Crippen LogP) is 1.60. The third-order valence-electron chi connectivity index (χ3n) is 3.14. The van der Waals surface area contributed by atoms with Gasteiger partial charge in [0.1, 0.15) is 0 Å². The topological polar surface area (TPSA) is 83.5 Å². The Morgan fingerprint density at radius 2 is 1.55 bits per heavy atom. The molecule has 0 aliphatic carbocycles. The first kappa shape index (κ1) is 16.4.